The summed E-state index contributed by atoms with van der Waals surface area (Å²) < 4.78 is 10.6. The maximum atomic E-state index is 12.4. The first-order valence-corrected chi connectivity index (χ1v) is 8.60. The third-order valence-corrected chi connectivity index (χ3v) is 4.62. The number of benzene rings is 2. The Labute approximate surface area is 147 Å². The predicted octanol–water partition coefficient (Wildman–Crippen LogP) is 3.26. The van der Waals surface area contributed by atoms with E-state index in [9.17, 15) is 9.59 Å². The van der Waals surface area contributed by atoms with Crippen molar-refractivity contribution in [2.24, 2.45) is 5.92 Å². The fourth-order valence-corrected chi connectivity index (χ4v) is 3.26. The molecule has 1 fully saturated rings. The van der Waals surface area contributed by atoms with E-state index in [4.69, 9.17) is 9.47 Å². The first-order valence-electron chi connectivity index (χ1n) is 8.60. The van der Waals surface area contributed by atoms with Gasteiger partial charge < -0.3 is 14.4 Å². The molecule has 132 valence electrons. The van der Waals surface area contributed by atoms with Crippen LogP contribution in [0.25, 0.3) is 10.8 Å². The number of likely N-dealkylation sites (tertiary alicyclic amines) is 1. The molecule has 1 aliphatic heterocycles. The minimum Gasteiger partial charge on any atom is -0.496 e. The van der Waals surface area contributed by atoms with Gasteiger partial charge in [-0.1, -0.05) is 31.2 Å². The van der Waals surface area contributed by atoms with Crippen molar-refractivity contribution in [1.29, 1.82) is 0 Å². The van der Waals surface area contributed by atoms with Crippen molar-refractivity contribution >= 4 is 22.6 Å². The molecular formula is C20H23NO4. The van der Waals surface area contributed by atoms with Gasteiger partial charge in [-0.25, -0.2) is 4.79 Å². The van der Waals surface area contributed by atoms with E-state index in [1.54, 1.807) is 17.0 Å². The standard InChI is InChI=1S/C20H23NO4/c1-14-6-5-9-21(12-14)19(22)13-25-20(23)17-10-15-7-3-4-8-16(15)11-18(17)24-2/h3-4,7-8,10-11,14H,5-6,9,12-13H2,1-2H3. The van der Waals surface area contributed by atoms with Crippen molar-refractivity contribution < 1.29 is 19.1 Å². The van der Waals surface area contributed by atoms with Crippen LogP contribution in [0.5, 0.6) is 5.75 Å². The Morgan fingerprint density at radius 3 is 2.60 bits per heavy atom. The number of carbonyl (C=O) groups excluding carboxylic acids is 2. The van der Waals surface area contributed by atoms with E-state index >= 15 is 0 Å². The minimum absolute atomic E-state index is 0.139. The first-order chi connectivity index (χ1) is 12.1. The molecule has 25 heavy (non-hydrogen) atoms. The summed E-state index contributed by atoms with van der Waals surface area (Å²) in [7, 11) is 1.52. The van der Waals surface area contributed by atoms with E-state index in [1.165, 1.54) is 7.11 Å². The molecule has 0 spiro atoms. The van der Waals surface area contributed by atoms with Crippen LogP contribution in [0.3, 0.4) is 0 Å². The molecular weight excluding hydrogens is 318 g/mol. The van der Waals surface area contributed by atoms with Crippen molar-refractivity contribution in [2.45, 2.75) is 19.8 Å². The van der Waals surface area contributed by atoms with Gasteiger partial charge in [0.1, 0.15) is 11.3 Å². The van der Waals surface area contributed by atoms with Gasteiger partial charge in [0.25, 0.3) is 5.91 Å². The van der Waals surface area contributed by atoms with Gasteiger partial charge in [-0.2, -0.15) is 0 Å². The molecule has 1 amide bonds. The summed E-state index contributed by atoms with van der Waals surface area (Å²) in [5.41, 5.74) is 0.334. The lowest BCUT2D eigenvalue weighted by atomic mass is 10.0. The summed E-state index contributed by atoms with van der Waals surface area (Å²) in [6.45, 7) is 3.36. The average molecular weight is 341 g/mol. The van der Waals surface area contributed by atoms with Gasteiger partial charge in [-0.3, -0.25) is 4.79 Å². The van der Waals surface area contributed by atoms with Crippen LogP contribution in [0.1, 0.15) is 30.1 Å². The maximum Gasteiger partial charge on any atom is 0.342 e. The number of nitrogens with zero attached hydrogens (tertiary/aromatic N) is 1. The molecule has 2 aromatic rings. The number of fused-ring (bicyclic) bond motifs is 1. The third-order valence-electron chi connectivity index (χ3n) is 4.62. The van der Waals surface area contributed by atoms with Gasteiger partial charge in [0.2, 0.25) is 0 Å². The molecule has 5 nitrogen and oxygen atoms in total. The number of methoxy groups -OCH3 is 1. The lowest BCUT2D eigenvalue weighted by molar-refractivity contribution is -0.136. The highest BCUT2D eigenvalue weighted by Crippen LogP contribution is 2.26. The second-order valence-corrected chi connectivity index (χ2v) is 6.56. The number of ether oxygens (including phenoxy) is 2. The largest absolute Gasteiger partial charge is 0.496 e. The highest BCUT2D eigenvalue weighted by Gasteiger charge is 2.23. The second-order valence-electron chi connectivity index (χ2n) is 6.56. The number of hydrogen-bond donors (Lipinski definition) is 0. The highest BCUT2D eigenvalue weighted by molar-refractivity contribution is 5.99. The van der Waals surface area contributed by atoms with Gasteiger partial charge in [-0.15, -0.1) is 0 Å². The molecule has 1 unspecified atom stereocenters. The van der Waals surface area contributed by atoms with Crippen molar-refractivity contribution in [2.75, 3.05) is 26.8 Å². The Morgan fingerprint density at radius 2 is 1.92 bits per heavy atom. The first kappa shape index (κ1) is 17.3. The fraction of sp³-hybridized carbons (Fsp3) is 0.400. The van der Waals surface area contributed by atoms with Crippen LogP contribution in [0.2, 0.25) is 0 Å². The van der Waals surface area contributed by atoms with E-state index in [0.717, 1.165) is 36.7 Å². The van der Waals surface area contributed by atoms with Crippen LogP contribution in [0.4, 0.5) is 0 Å². The SMILES string of the molecule is COc1cc2ccccc2cc1C(=O)OCC(=O)N1CCCC(C)C1. The molecule has 1 aliphatic rings. The van der Waals surface area contributed by atoms with E-state index < -0.39 is 5.97 Å². The van der Waals surface area contributed by atoms with Crippen molar-refractivity contribution in [3.8, 4) is 5.75 Å². The number of carbonyl (C=O) groups is 2. The zero-order valence-electron chi connectivity index (χ0n) is 14.7. The molecule has 0 aliphatic carbocycles. The summed E-state index contributed by atoms with van der Waals surface area (Å²) in [5.74, 6) is 0.261. The zero-order valence-corrected chi connectivity index (χ0v) is 14.7. The molecule has 0 saturated carbocycles. The van der Waals surface area contributed by atoms with E-state index in [0.29, 0.717) is 17.2 Å². The molecule has 0 bridgehead atoms. The van der Waals surface area contributed by atoms with Crippen molar-refractivity contribution in [3.05, 3.63) is 42.0 Å². The molecule has 5 heteroatoms. The Hall–Kier alpha value is -2.56. The second kappa shape index (κ2) is 7.55. The van der Waals surface area contributed by atoms with E-state index in [-0.39, 0.29) is 12.5 Å². The van der Waals surface area contributed by atoms with E-state index in [2.05, 4.69) is 6.92 Å². The van der Waals surface area contributed by atoms with Gasteiger partial charge >= 0.3 is 5.97 Å². The summed E-state index contributed by atoms with van der Waals surface area (Å²) >= 11 is 0. The number of rotatable bonds is 4. The summed E-state index contributed by atoms with van der Waals surface area (Å²) in [6.07, 6.45) is 2.14. The smallest absolute Gasteiger partial charge is 0.342 e. The van der Waals surface area contributed by atoms with Crippen LogP contribution in [0, 0.1) is 5.92 Å². The van der Waals surface area contributed by atoms with Crippen LogP contribution in [-0.2, 0) is 9.53 Å². The average Bonchev–Trinajstić information content (AvgIpc) is 2.64. The quantitative estimate of drug-likeness (QED) is 0.801. The van der Waals surface area contributed by atoms with Gasteiger partial charge in [0.05, 0.1) is 7.11 Å². The Bertz CT molecular complexity index is 786. The monoisotopic (exact) mass is 341 g/mol. The molecule has 1 saturated heterocycles. The minimum atomic E-state index is -0.541. The van der Waals surface area contributed by atoms with Crippen LogP contribution in [-0.4, -0.2) is 43.6 Å². The molecule has 0 N–H and O–H groups in total. The molecule has 0 radical (unpaired) electrons. The van der Waals surface area contributed by atoms with Gasteiger partial charge in [-0.05, 0) is 41.7 Å². The highest BCUT2D eigenvalue weighted by atomic mass is 16.5. The summed E-state index contributed by atoms with van der Waals surface area (Å²) in [6, 6.07) is 11.3. The van der Waals surface area contributed by atoms with Gasteiger partial charge in [0.15, 0.2) is 6.61 Å². The van der Waals surface area contributed by atoms with E-state index in [1.807, 2.05) is 24.3 Å². The maximum absolute atomic E-state index is 12.4. The molecule has 2 aromatic carbocycles. The van der Waals surface area contributed by atoms with Crippen molar-refractivity contribution in [1.82, 2.24) is 4.90 Å². The number of esters is 1. The van der Waals surface area contributed by atoms with Crippen molar-refractivity contribution in [3.63, 3.8) is 0 Å². The van der Waals surface area contributed by atoms with Crippen LogP contribution >= 0.6 is 0 Å². The molecule has 1 atom stereocenters. The zero-order chi connectivity index (χ0) is 17.8. The Kier molecular flexibility index (Phi) is 5.22. The fourth-order valence-electron chi connectivity index (χ4n) is 3.26. The lowest BCUT2D eigenvalue weighted by Crippen LogP contribution is -2.41. The Balaban J connectivity index is 1.70. The predicted molar refractivity (Wildman–Crippen MR) is 95.8 cm³/mol. The normalized spacial score (nSPS) is 17.4. The number of hydrogen-bond acceptors (Lipinski definition) is 4. The molecule has 1 heterocycles. The molecule has 3 rings (SSSR count). The van der Waals surface area contributed by atoms with Gasteiger partial charge in [0, 0.05) is 13.1 Å². The van der Waals surface area contributed by atoms with Crippen LogP contribution < -0.4 is 4.74 Å². The van der Waals surface area contributed by atoms with Crippen LogP contribution in [0.15, 0.2) is 36.4 Å². The molecule has 0 aromatic heterocycles. The topological polar surface area (TPSA) is 55.8 Å². The summed E-state index contributed by atoms with van der Waals surface area (Å²) in [5, 5.41) is 1.90. The third kappa shape index (κ3) is 3.92. The Morgan fingerprint density at radius 1 is 1.20 bits per heavy atom. The lowest BCUT2D eigenvalue weighted by Gasteiger charge is -2.30. The summed E-state index contributed by atoms with van der Waals surface area (Å²) in [4.78, 5) is 26.5. The number of piperidine rings is 1. The number of amides is 1.